The summed E-state index contributed by atoms with van der Waals surface area (Å²) in [7, 11) is 3.98. The van der Waals surface area contributed by atoms with Crippen LogP contribution >= 0.6 is 0 Å². The molecule has 5 rings (SSSR count). The van der Waals surface area contributed by atoms with Gasteiger partial charge in [0, 0.05) is 62.4 Å². The van der Waals surface area contributed by atoms with Gasteiger partial charge in [0.05, 0.1) is 17.6 Å². The first kappa shape index (κ1) is 24.7. The Balaban J connectivity index is 1.52. The van der Waals surface area contributed by atoms with Gasteiger partial charge >= 0.3 is 0 Å². The summed E-state index contributed by atoms with van der Waals surface area (Å²) in [6, 6.07) is 10.3. The van der Waals surface area contributed by atoms with Crippen molar-refractivity contribution in [3.63, 3.8) is 0 Å². The lowest BCUT2D eigenvalue weighted by Gasteiger charge is -2.56. The van der Waals surface area contributed by atoms with Gasteiger partial charge in [-0.2, -0.15) is 5.10 Å². The van der Waals surface area contributed by atoms with Gasteiger partial charge in [-0.05, 0) is 42.6 Å². The quantitative estimate of drug-likeness (QED) is 0.570. The summed E-state index contributed by atoms with van der Waals surface area (Å²) in [6.07, 6.45) is 5.95. The van der Waals surface area contributed by atoms with Crippen molar-refractivity contribution in [2.75, 3.05) is 31.6 Å². The predicted molar refractivity (Wildman–Crippen MR) is 141 cm³/mol. The standard InChI is InChI=1S/C29H37N5O2/c1-19(2)21-7-9-23(10-8-21)29(36,28(4)17-32(5)18-28)24-12-25(14-30-13-24)34-15-22(11-27(34)35)26-16-33(6)31-20(26)3/h7-10,12-14,16,19,22,36H,11,15,17-18H2,1-6H3. The van der Waals surface area contributed by atoms with E-state index < -0.39 is 5.60 Å². The van der Waals surface area contributed by atoms with Gasteiger partial charge in [0.2, 0.25) is 5.91 Å². The lowest BCUT2D eigenvalue weighted by atomic mass is 9.62. The van der Waals surface area contributed by atoms with E-state index in [2.05, 4.69) is 54.9 Å². The molecule has 7 nitrogen and oxygen atoms in total. The van der Waals surface area contributed by atoms with Crippen molar-refractivity contribution in [2.24, 2.45) is 12.5 Å². The van der Waals surface area contributed by atoms with Gasteiger partial charge in [-0.3, -0.25) is 14.5 Å². The number of rotatable bonds is 6. The van der Waals surface area contributed by atoms with E-state index in [9.17, 15) is 9.90 Å². The van der Waals surface area contributed by atoms with Crippen LogP contribution in [0, 0.1) is 12.3 Å². The topological polar surface area (TPSA) is 74.5 Å². The van der Waals surface area contributed by atoms with Crippen molar-refractivity contribution in [3.8, 4) is 0 Å². The van der Waals surface area contributed by atoms with Gasteiger partial charge in [0.1, 0.15) is 5.60 Å². The van der Waals surface area contributed by atoms with Gasteiger partial charge in [-0.15, -0.1) is 0 Å². The van der Waals surface area contributed by atoms with Crippen LogP contribution in [0.4, 0.5) is 5.69 Å². The highest BCUT2D eigenvalue weighted by molar-refractivity contribution is 5.96. The Bertz CT molecular complexity index is 1280. The molecule has 1 N–H and O–H groups in total. The van der Waals surface area contributed by atoms with Gasteiger partial charge < -0.3 is 14.9 Å². The minimum atomic E-state index is -1.24. The number of benzene rings is 1. The molecule has 2 aliphatic rings. The number of carbonyl (C=O) groups is 1. The maximum Gasteiger partial charge on any atom is 0.227 e. The van der Waals surface area contributed by atoms with E-state index in [-0.39, 0.29) is 17.2 Å². The number of nitrogens with zero attached hydrogens (tertiary/aromatic N) is 5. The molecule has 1 aromatic carbocycles. The van der Waals surface area contributed by atoms with Crippen molar-refractivity contribution in [2.45, 2.75) is 51.6 Å². The lowest BCUT2D eigenvalue weighted by Crippen LogP contribution is -2.63. The first-order valence-electron chi connectivity index (χ1n) is 12.8. The molecule has 4 heterocycles. The van der Waals surface area contributed by atoms with Crippen LogP contribution in [0.1, 0.15) is 67.0 Å². The molecular weight excluding hydrogens is 450 g/mol. The third-order valence-corrected chi connectivity index (χ3v) is 8.18. The van der Waals surface area contributed by atoms with Gasteiger partial charge in [0.25, 0.3) is 0 Å². The second-order valence-corrected chi connectivity index (χ2v) is 11.4. The van der Waals surface area contributed by atoms with Crippen molar-refractivity contribution >= 4 is 11.6 Å². The van der Waals surface area contributed by atoms with E-state index in [1.54, 1.807) is 17.1 Å². The summed E-state index contributed by atoms with van der Waals surface area (Å²) in [4.78, 5) is 21.7. The fourth-order valence-corrected chi connectivity index (χ4v) is 6.30. The summed E-state index contributed by atoms with van der Waals surface area (Å²) in [5.41, 5.74) is 4.01. The number of hydrogen-bond donors (Lipinski definition) is 1. The maximum atomic E-state index is 13.1. The molecule has 2 saturated heterocycles. The van der Waals surface area contributed by atoms with E-state index in [1.807, 2.05) is 43.3 Å². The summed E-state index contributed by atoms with van der Waals surface area (Å²) in [5.74, 6) is 0.580. The zero-order chi connectivity index (χ0) is 25.8. The highest BCUT2D eigenvalue weighted by Crippen LogP contribution is 2.50. The van der Waals surface area contributed by atoms with E-state index in [0.717, 1.165) is 41.2 Å². The highest BCUT2D eigenvalue weighted by Gasteiger charge is 2.55. The third kappa shape index (κ3) is 3.95. The number of anilines is 1. The van der Waals surface area contributed by atoms with Crippen LogP contribution in [-0.4, -0.2) is 57.4 Å². The van der Waals surface area contributed by atoms with Crippen molar-refractivity contribution in [1.29, 1.82) is 0 Å². The van der Waals surface area contributed by atoms with Crippen LogP contribution in [0.2, 0.25) is 0 Å². The molecule has 2 atom stereocenters. The first-order valence-corrected chi connectivity index (χ1v) is 12.8. The second-order valence-electron chi connectivity index (χ2n) is 11.4. The zero-order valence-electron chi connectivity index (χ0n) is 22.2. The van der Waals surface area contributed by atoms with Crippen LogP contribution < -0.4 is 4.90 Å². The zero-order valence-corrected chi connectivity index (χ0v) is 22.2. The Kier molecular flexibility index (Phi) is 6.04. The van der Waals surface area contributed by atoms with Crippen molar-refractivity contribution in [1.82, 2.24) is 19.7 Å². The largest absolute Gasteiger partial charge is 0.380 e. The molecule has 2 unspecified atom stereocenters. The number of hydrogen-bond acceptors (Lipinski definition) is 5. The summed E-state index contributed by atoms with van der Waals surface area (Å²) >= 11 is 0. The average Bonchev–Trinajstić information content (AvgIpc) is 3.38. The van der Waals surface area contributed by atoms with E-state index in [0.29, 0.717) is 18.9 Å². The molecule has 2 aromatic heterocycles. The number of pyridine rings is 1. The number of aliphatic hydroxyl groups is 1. The average molecular weight is 488 g/mol. The SMILES string of the molecule is Cc1nn(C)cc1C1CC(=O)N(c2cncc(C(O)(c3ccc(C(C)C)cc3)C3(C)CN(C)C3)c2)C1. The van der Waals surface area contributed by atoms with Crippen molar-refractivity contribution in [3.05, 3.63) is 76.9 Å². The maximum absolute atomic E-state index is 13.1. The molecular formula is C29H37N5O2. The molecule has 0 saturated carbocycles. The monoisotopic (exact) mass is 487 g/mol. The summed E-state index contributed by atoms with van der Waals surface area (Å²) < 4.78 is 1.81. The van der Waals surface area contributed by atoms with Gasteiger partial charge in [-0.1, -0.05) is 45.0 Å². The smallest absolute Gasteiger partial charge is 0.227 e. The molecule has 2 aliphatic heterocycles. The molecule has 7 heteroatoms. The third-order valence-electron chi connectivity index (χ3n) is 8.18. The Morgan fingerprint density at radius 1 is 1.11 bits per heavy atom. The molecule has 0 aliphatic carbocycles. The van der Waals surface area contributed by atoms with E-state index in [1.165, 1.54) is 5.56 Å². The second kappa shape index (κ2) is 8.82. The molecule has 190 valence electrons. The summed E-state index contributed by atoms with van der Waals surface area (Å²) in [6.45, 7) is 10.6. The Hall–Kier alpha value is -3.03. The van der Waals surface area contributed by atoms with Crippen LogP contribution in [0.3, 0.4) is 0 Å². The minimum Gasteiger partial charge on any atom is -0.380 e. The highest BCUT2D eigenvalue weighted by atomic mass is 16.3. The number of amides is 1. The number of aryl methyl sites for hydroxylation is 2. The normalized spacial score (nSPS) is 21.6. The number of carbonyl (C=O) groups excluding carboxylic acids is 1. The molecule has 0 bridgehead atoms. The van der Waals surface area contributed by atoms with Crippen LogP contribution in [-0.2, 0) is 17.4 Å². The van der Waals surface area contributed by atoms with E-state index >= 15 is 0 Å². The molecule has 36 heavy (non-hydrogen) atoms. The van der Waals surface area contributed by atoms with Gasteiger partial charge in [0.15, 0.2) is 0 Å². The molecule has 0 radical (unpaired) electrons. The van der Waals surface area contributed by atoms with Crippen LogP contribution in [0.15, 0.2) is 48.9 Å². The Morgan fingerprint density at radius 2 is 1.81 bits per heavy atom. The number of aromatic nitrogens is 3. The molecule has 3 aromatic rings. The predicted octanol–water partition coefficient (Wildman–Crippen LogP) is 3.96. The van der Waals surface area contributed by atoms with Gasteiger partial charge in [-0.25, -0.2) is 0 Å². The molecule has 1 amide bonds. The fourth-order valence-electron chi connectivity index (χ4n) is 6.30. The first-order chi connectivity index (χ1) is 17.0. The summed E-state index contributed by atoms with van der Waals surface area (Å²) in [5, 5.41) is 17.0. The van der Waals surface area contributed by atoms with Crippen molar-refractivity contribution < 1.29 is 9.90 Å². The lowest BCUT2D eigenvalue weighted by molar-refractivity contribution is -0.127. The molecule has 0 spiro atoms. The van der Waals surface area contributed by atoms with Crippen LogP contribution in [0.5, 0.6) is 0 Å². The molecule has 2 fully saturated rings. The van der Waals surface area contributed by atoms with E-state index in [4.69, 9.17) is 0 Å². The number of likely N-dealkylation sites (tertiary alicyclic amines) is 1. The van der Waals surface area contributed by atoms with Crippen LogP contribution in [0.25, 0.3) is 0 Å². The Labute approximate surface area is 213 Å². The Morgan fingerprint density at radius 3 is 2.39 bits per heavy atom. The minimum absolute atomic E-state index is 0.0709. The fraction of sp³-hybridized carbons (Fsp3) is 0.483.